The minimum atomic E-state index is 0.483. The van der Waals surface area contributed by atoms with E-state index in [2.05, 4.69) is 31.7 Å². The number of aldehydes is 1. The molecule has 0 heterocycles. The molecule has 0 N–H and O–H groups in total. The molecule has 0 bridgehead atoms. The molecule has 0 aromatic heterocycles. The number of benzene rings is 1. The molecule has 1 aromatic carbocycles. The van der Waals surface area contributed by atoms with Gasteiger partial charge in [0.25, 0.3) is 0 Å². The lowest BCUT2D eigenvalue weighted by Crippen LogP contribution is -2.30. The van der Waals surface area contributed by atoms with E-state index in [9.17, 15) is 4.79 Å². The minimum Gasteiger partial charge on any atom is -0.369 e. The Labute approximate surface area is 91.9 Å². The first-order chi connectivity index (χ1) is 7.10. The normalized spacial score (nSPS) is 10.5. The van der Waals surface area contributed by atoms with Crippen molar-refractivity contribution in [2.24, 2.45) is 0 Å². The molecule has 0 radical (unpaired) electrons. The zero-order valence-corrected chi connectivity index (χ0v) is 9.95. The Morgan fingerprint density at radius 1 is 1.40 bits per heavy atom. The summed E-state index contributed by atoms with van der Waals surface area (Å²) in [5.41, 5.74) is 3.01. The summed E-state index contributed by atoms with van der Waals surface area (Å²) in [5, 5.41) is 0. The molecule has 1 rings (SSSR count). The van der Waals surface area contributed by atoms with Gasteiger partial charge < -0.3 is 4.90 Å². The highest BCUT2D eigenvalue weighted by Crippen LogP contribution is 2.20. The van der Waals surface area contributed by atoms with E-state index in [1.54, 1.807) is 0 Å². The summed E-state index contributed by atoms with van der Waals surface area (Å²) in [5.74, 6) is 0. The van der Waals surface area contributed by atoms with Crippen molar-refractivity contribution in [2.75, 3.05) is 11.4 Å². The average Bonchev–Trinajstić information content (AvgIpc) is 2.18. The van der Waals surface area contributed by atoms with Crippen LogP contribution in [0.4, 0.5) is 5.69 Å². The Kier molecular flexibility index (Phi) is 3.89. The number of anilines is 1. The Morgan fingerprint density at radius 3 is 2.47 bits per heavy atom. The lowest BCUT2D eigenvalue weighted by molar-refractivity contribution is 0.112. The third-order valence-electron chi connectivity index (χ3n) is 2.68. The van der Waals surface area contributed by atoms with Crippen molar-refractivity contribution in [3.05, 3.63) is 29.3 Å². The first-order valence-corrected chi connectivity index (χ1v) is 5.42. The summed E-state index contributed by atoms with van der Waals surface area (Å²) in [7, 11) is 0. The van der Waals surface area contributed by atoms with Gasteiger partial charge in [0, 0.05) is 23.8 Å². The molecule has 0 unspecified atom stereocenters. The van der Waals surface area contributed by atoms with Crippen molar-refractivity contribution in [3.8, 4) is 0 Å². The molecule has 0 aliphatic carbocycles. The van der Waals surface area contributed by atoms with Gasteiger partial charge in [0.1, 0.15) is 6.29 Å². The molecule has 0 aliphatic rings. The van der Waals surface area contributed by atoms with Gasteiger partial charge in [0.2, 0.25) is 0 Å². The molecular formula is C13H19NO. The zero-order valence-electron chi connectivity index (χ0n) is 9.95. The summed E-state index contributed by atoms with van der Waals surface area (Å²) in [6.07, 6.45) is 0.908. The number of hydrogen-bond acceptors (Lipinski definition) is 2. The van der Waals surface area contributed by atoms with Crippen molar-refractivity contribution in [1.82, 2.24) is 0 Å². The van der Waals surface area contributed by atoms with Gasteiger partial charge in [-0.2, -0.15) is 0 Å². The van der Waals surface area contributed by atoms with Crippen molar-refractivity contribution in [3.63, 3.8) is 0 Å². The van der Waals surface area contributed by atoms with Gasteiger partial charge in [-0.15, -0.1) is 0 Å². The largest absolute Gasteiger partial charge is 0.369 e. The highest BCUT2D eigenvalue weighted by molar-refractivity contribution is 5.78. The average molecular weight is 205 g/mol. The van der Waals surface area contributed by atoms with Gasteiger partial charge in [-0.3, -0.25) is 4.79 Å². The Bertz CT molecular complexity index is 344. The van der Waals surface area contributed by atoms with Crippen LogP contribution in [0.3, 0.4) is 0 Å². The fourth-order valence-corrected chi connectivity index (χ4v) is 1.82. The number of rotatable bonds is 4. The van der Waals surface area contributed by atoms with Crippen LogP contribution in [0.2, 0.25) is 0 Å². The molecular weight excluding hydrogens is 186 g/mol. The van der Waals surface area contributed by atoms with E-state index in [1.165, 1.54) is 5.69 Å². The van der Waals surface area contributed by atoms with Crippen LogP contribution in [0, 0.1) is 6.92 Å². The highest BCUT2D eigenvalue weighted by Gasteiger charge is 2.09. The fourth-order valence-electron chi connectivity index (χ4n) is 1.82. The monoisotopic (exact) mass is 205 g/mol. The first-order valence-electron chi connectivity index (χ1n) is 5.42. The maximum absolute atomic E-state index is 10.7. The number of aryl methyl sites for hydroxylation is 1. The number of hydrogen-bond donors (Lipinski definition) is 0. The number of nitrogens with zero attached hydrogens (tertiary/aromatic N) is 1. The van der Waals surface area contributed by atoms with Gasteiger partial charge in [-0.1, -0.05) is 0 Å². The van der Waals surface area contributed by atoms with Gasteiger partial charge in [0.15, 0.2) is 0 Å². The summed E-state index contributed by atoms with van der Waals surface area (Å²) in [6, 6.07) is 6.47. The molecule has 0 saturated carbocycles. The first kappa shape index (κ1) is 11.8. The molecule has 2 heteroatoms. The van der Waals surface area contributed by atoms with E-state index in [0.29, 0.717) is 6.04 Å². The van der Waals surface area contributed by atoms with Crippen molar-refractivity contribution >= 4 is 12.0 Å². The Morgan fingerprint density at radius 2 is 2.07 bits per heavy atom. The van der Waals surface area contributed by atoms with Crippen LogP contribution in [0.5, 0.6) is 0 Å². The summed E-state index contributed by atoms with van der Waals surface area (Å²) >= 11 is 0. The minimum absolute atomic E-state index is 0.483. The second-order valence-corrected chi connectivity index (χ2v) is 4.04. The van der Waals surface area contributed by atoms with Crippen LogP contribution in [0.25, 0.3) is 0 Å². The third-order valence-corrected chi connectivity index (χ3v) is 2.68. The summed E-state index contributed by atoms with van der Waals surface area (Å²) < 4.78 is 0. The molecule has 0 fully saturated rings. The van der Waals surface area contributed by atoms with Crippen LogP contribution in [0.1, 0.15) is 36.7 Å². The Balaban J connectivity index is 3.05. The summed E-state index contributed by atoms with van der Waals surface area (Å²) in [6.45, 7) is 9.45. The molecule has 0 amide bonds. The molecule has 0 atom stereocenters. The van der Waals surface area contributed by atoms with E-state index in [1.807, 2.05) is 19.1 Å². The van der Waals surface area contributed by atoms with Gasteiger partial charge in [0.05, 0.1) is 0 Å². The summed E-state index contributed by atoms with van der Waals surface area (Å²) in [4.78, 5) is 13.0. The second-order valence-electron chi connectivity index (χ2n) is 4.04. The predicted octanol–water partition coefficient (Wildman–Crippen LogP) is 3.04. The van der Waals surface area contributed by atoms with Gasteiger partial charge in [-0.05, 0) is 51.5 Å². The molecule has 1 aromatic rings. The molecule has 2 nitrogen and oxygen atoms in total. The smallest absolute Gasteiger partial charge is 0.150 e. The number of carbonyl (C=O) groups is 1. The Hall–Kier alpha value is -1.31. The van der Waals surface area contributed by atoms with Gasteiger partial charge >= 0.3 is 0 Å². The van der Waals surface area contributed by atoms with E-state index < -0.39 is 0 Å². The van der Waals surface area contributed by atoms with Crippen LogP contribution in [-0.4, -0.2) is 18.9 Å². The highest BCUT2D eigenvalue weighted by atomic mass is 16.1. The van der Waals surface area contributed by atoms with Crippen molar-refractivity contribution in [2.45, 2.75) is 33.7 Å². The lowest BCUT2D eigenvalue weighted by atomic mass is 10.1. The van der Waals surface area contributed by atoms with Crippen molar-refractivity contribution < 1.29 is 4.79 Å². The standard InChI is InChI=1S/C13H19NO/c1-5-14(10(2)3)13-7-6-12(9-15)11(4)8-13/h6-10H,5H2,1-4H3. The van der Waals surface area contributed by atoms with Crippen LogP contribution in [-0.2, 0) is 0 Å². The second kappa shape index (κ2) is 4.96. The maximum Gasteiger partial charge on any atom is 0.150 e. The van der Waals surface area contributed by atoms with E-state index >= 15 is 0 Å². The molecule has 0 saturated heterocycles. The van der Waals surface area contributed by atoms with E-state index in [0.717, 1.165) is 24.0 Å². The zero-order chi connectivity index (χ0) is 11.4. The number of carbonyl (C=O) groups excluding carboxylic acids is 1. The molecule has 0 spiro atoms. The van der Waals surface area contributed by atoms with Gasteiger partial charge in [-0.25, -0.2) is 0 Å². The molecule has 15 heavy (non-hydrogen) atoms. The van der Waals surface area contributed by atoms with E-state index in [4.69, 9.17) is 0 Å². The third kappa shape index (κ3) is 2.58. The van der Waals surface area contributed by atoms with E-state index in [-0.39, 0.29) is 0 Å². The van der Waals surface area contributed by atoms with Crippen molar-refractivity contribution in [1.29, 1.82) is 0 Å². The SMILES string of the molecule is CCN(c1ccc(C=O)c(C)c1)C(C)C. The quantitative estimate of drug-likeness (QED) is 0.704. The fraction of sp³-hybridized carbons (Fsp3) is 0.462. The van der Waals surface area contributed by atoms with Crippen LogP contribution in [0.15, 0.2) is 18.2 Å². The lowest BCUT2D eigenvalue weighted by Gasteiger charge is -2.28. The van der Waals surface area contributed by atoms with Crippen LogP contribution >= 0.6 is 0 Å². The topological polar surface area (TPSA) is 20.3 Å². The predicted molar refractivity (Wildman–Crippen MR) is 64.7 cm³/mol. The maximum atomic E-state index is 10.7. The molecule has 0 aliphatic heterocycles. The van der Waals surface area contributed by atoms with Crippen LogP contribution < -0.4 is 4.90 Å². The molecule has 82 valence electrons.